The van der Waals surface area contributed by atoms with Crippen LogP contribution in [0.4, 0.5) is 0 Å². The molecule has 1 aromatic rings. The van der Waals surface area contributed by atoms with Gasteiger partial charge in [0.1, 0.15) is 6.54 Å². The van der Waals surface area contributed by atoms with Gasteiger partial charge in [0, 0.05) is 5.56 Å². The van der Waals surface area contributed by atoms with E-state index in [1.54, 1.807) is 4.90 Å². The largest absolute Gasteiger partial charge is 0.352 e. The number of benzene rings is 1. The first-order valence-electron chi connectivity index (χ1n) is 5.52. The molecule has 0 unspecified atom stereocenters. The molecule has 4 N–H and O–H groups in total. The van der Waals surface area contributed by atoms with Gasteiger partial charge in [-0.1, -0.05) is 30.3 Å². The SMILES string of the molecule is CC[NH+](CC)[C@H](C[NH3+])c1ccccc1. The summed E-state index contributed by atoms with van der Waals surface area (Å²) in [6.45, 7) is 7.80. The summed E-state index contributed by atoms with van der Waals surface area (Å²) in [6, 6.07) is 11.3. The molecule has 14 heavy (non-hydrogen) atoms. The zero-order chi connectivity index (χ0) is 10.4. The van der Waals surface area contributed by atoms with Crippen molar-refractivity contribution in [3.05, 3.63) is 35.9 Å². The fraction of sp³-hybridized carbons (Fsp3) is 0.500. The summed E-state index contributed by atoms with van der Waals surface area (Å²) in [7, 11) is 0. The Labute approximate surface area is 86.7 Å². The van der Waals surface area contributed by atoms with Crippen molar-refractivity contribution < 1.29 is 10.6 Å². The first-order chi connectivity index (χ1) is 6.83. The first kappa shape index (κ1) is 11.2. The maximum Gasteiger partial charge on any atom is 0.162 e. The minimum absolute atomic E-state index is 0.561. The van der Waals surface area contributed by atoms with E-state index in [2.05, 4.69) is 49.9 Å². The Balaban J connectivity index is 2.81. The Bertz CT molecular complexity index is 242. The summed E-state index contributed by atoms with van der Waals surface area (Å²) in [5.74, 6) is 0. The van der Waals surface area contributed by atoms with Crippen molar-refractivity contribution in [3.63, 3.8) is 0 Å². The highest BCUT2D eigenvalue weighted by molar-refractivity contribution is 5.17. The summed E-state index contributed by atoms with van der Waals surface area (Å²) < 4.78 is 0. The number of hydrogen-bond donors (Lipinski definition) is 2. The number of likely N-dealkylation sites (N-methyl/N-ethyl adjacent to an activating group) is 1. The molecule has 2 nitrogen and oxygen atoms in total. The van der Waals surface area contributed by atoms with E-state index in [1.807, 2.05) is 0 Å². The van der Waals surface area contributed by atoms with Crippen LogP contribution in [0.25, 0.3) is 0 Å². The van der Waals surface area contributed by atoms with Gasteiger partial charge in [0.25, 0.3) is 0 Å². The predicted octanol–water partition coefficient (Wildman–Crippen LogP) is -0.106. The van der Waals surface area contributed by atoms with Gasteiger partial charge in [0.05, 0.1) is 13.1 Å². The third kappa shape index (κ3) is 2.56. The first-order valence-corrected chi connectivity index (χ1v) is 5.52. The number of quaternary nitrogens is 2. The lowest BCUT2D eigenvalue weighted by atomic mass is 10.1. The van der Waals surface area contributed by atoms with Gasteiger partial charge in [-0.05, 0) is 13.8 Å². The molecule has 0 saturated heterocycles. The molecule has 1 atom stereocenters. The van der Waals surface area contributed by atoms with Gasteiger partial charge < -0.3 is 10.6 Å². The van der Waals surface area contributed by atoms with Crippen molar-refractivity contribution in [2.75, 3.05) is 19.6 Å². The lowest BCUT2D eigenvalue weighted by Gasteiger charge is -2.24. The minimum atomic E-state index is 0.561. The van der Waals surface area contributed by atoms with Gasteiger partial charge in [0.2, 0.25) is 0 Å². The Morgan fingerprint density at radius 2 is 1.71 bits per heavy atom. The van der Waals surface area contributed by atoms with Crippen LogP contribution in [-0.2, 0) is 0 Å². The molecule has 0 aliphatic carbocycles. The highest BCUT2D eigenvalue weighted by Gasteiger charge is 2.20. The molecule has 0 radical (unpaired) electrons. The maximum absolute atomic E-state index is 4.06. The van der Waals surface area contributed by atoms with E-state index in [0.717, 1.165) is 6.54 Å². The number of rotatable bonds is 5. The van der Waals surface area contributed by atoms with Crippen LogP contribution in [-0.4, -0.2) is 19.6 Å². The Hall–Kier alpha value is -0.860. The monoisotopic (exact) mass is 194 g/mol. The van der Waals surface area contributed by atoms with Crippen molar-refractivity contribution in [2.24, 2.45) is 0 Å². The molecule has 0 amide bonds. The molecule has 0 bridgehead atoms. The smallest absolute Gasteiger partial charge is 0.162 e. The second-order valence-corrected chi connectivity index (χ2v) is 3.62. The van der Waals surface area contributed by atoms with E-state index in [9.17, 15) is 0 Å². The lowest BCUT2D eigenvalue weighted by Crippen LogP contribution is -3.13. The van der Waals surface area contributed by atoms with E-state index in [-0.39, 0.29) is 0 Å². The molecule has 1 aromatic carbocycles. The summed E-state index contributed by atoms with van der Waals surface area (Å²) in [5, 5.41) is 0. The van der Waals surface area contributed by atoms with Gasteiger partial charge in [-0.2, -0.15) is 0 Å². The molecule has 2 heteroatoms. The van der Waals surface area contributed by atoms with Crippen LogP contribution in [0, 0.1) is 0 Å². The normalized spacial score (nSPS) is 13.1. The van der Waals surface area contributed by atoms with Crippen LogP contribution in [0.1, 0.15) is 25.5 Å². The van der Waals surface area contributed by atoms with Crippen LogP contribution in [0.5, 0.6) is 0 Å². The molecule has 78 valence electrons. The van der Waals surface area contributed by atoms with Crippen LogP contribution in [0.2, 0.25) is 0 Å². The van der Waals surface area contributed by atoms with Crippen LogP contribution < -0.4 is 10.6 Å². The lowest BCUT2D eigenvalue weighted by molar-refractivity contribution is -0.934. The van der Waals surface area contributed by atoms with E-state index in [4.69, 9.17) is 0 Å². The van der Waals surface area contributed by atoms with Crippen molar-refractivity contribution in [1.29, 1.82) is 0 Å². The molecule has 1 rings (SSSR count). The van der Waals surface area contributed by atoms with Crippen LogP contribution in [0.3, 0.4) is 0 Å². The van der Waals surface area contributed by atoms with Crippen molar-refractivity contribution >= 4 is 0 Å². The number of hydrogen-bond acceptors (Lipinski definition) is 0. The molecular formula is C12H22N2+2. The minimum Gasteiger partial charge on any atom is -0.352 e. The summed E-state index contributed by atoms with van der Waals surface area (Å²) in [4.78, 5) is 1.62. The van der Waals surface area contributed by atoms with Gasteiger partial charge in [0.15, 0.2) is 6.04 Å². The molecule has 0 spiro atoms. The summed E-state index contributed by atoms with van der Waals surface area (Å²) in [6.07, 6.45) is 0. The van der Waals surface area contributed by atoms with Crippen LogP contribution in [0.15, 0.2) is 30.3 Å². The second kappa shape index (κ2) is 5.78. The maximum atomic E-state index is 4.06. The second-order valence-electron chi connectivity index (χ2n) is 3.62. The van der Waals surface area contributed by atoms with Crippen LogP contribution >= 0.6 is 0 Å². The predicted molar refractivity (Wildman–Crippen MR) is 59.0 cm³/mol. The average Bonchev–Trinajstić information content (AvgIpc) is 2.27. The van der Waals surface area contributed by atoms with Crippen molar-refractivity contribution in [2.45, 2.75) is 19.9 Å². The summed E-state index contributed by atoms with van der Waals surface area (Å²) >= 11 is 0. The highest BCUT2D eigenvalue weighted by atomic mass is 15.2. The van der Waals surface area contributed by atoms with E-state index < -0.39 is 0 Å². The Morgan fingerprint density at radius 3 is 2.14 bits per heavy atom. The highest BCUT2D eigenvalue weighted by Crippen LogP contribution is 2.06. The zero-order valence-electron chi connectivity index (χ0n) is 9.29. The third-order valence-corrected chi connectivity index (χ3v) is 2.89. The van der Waals surface area contributed by atoms with Crippen molar-refractivity contribution in [1.82, 2.24) is 0 Å². The molecule has 0 aliphatic heterocycles. The molecule has 0 heterocycles. The molecule has 0 aromatic heterocycles. The standard InChI is InChI=1S/C12H20N2/c1-3-14(4-2)12(10-13)11-8-6-5-7-9-11/h5-9,12H,3-4,10,13H2,1-2H3/p+2/t12-/m1/s1. The summed E-state index contributed by atoms with van der Waals surface area (Å²) in [5.41, 5.74) is 5.48. The van der Waals surface area contributed by atoms with E-state index >= 15 is 0 Å². The molecule has 0 saturated carbocycles. The molecule has 0 fully saturated rings. The topological polar surface area (TPSA) is 32.1 Å². The molecule has 0 aliphatic rings. The fourth-order valence-electron chi connectivity index (χ4n) is 2.03. The van der Waals surface area contributed by atoms with Gasteiger partial charge in [-0.3, -0.25) is 0 Å². The van der Waals surface area contributed by atoms with E-state index in [1.165, 1.54) is 18.7 Å². The van der Waals surface area contributed by atoms with Gasteiger partial charge >= 0.3 is 0 Å². The average molecular weight is 194 g/mol. The van der Waals surface area contributed by atoms with Gasteiger partial charge in [-0.15, -0.1) is 0 Å². The van der Waals surface area contributed by atoms with Crippen molar-refractivity contribution in [3.8, 4) is 0 Å². The number of nitrogens with one attached hydrogen (secondary N) is 1. The quantitative estimate of drug-likeness (QED) is 0.656. The third-order valence-electron chi connectivity index (χ3n) is 2.89. The Morgan fingerprint density at radius 1 is 1.14 bits per heavy atom. The van der Waals surface area contributed by atoms with E-state index in [0.29, 0.717) is 6.04 Å². The molecular weight excluding hydrogens is 172 g/mol. The fourth-order valence-corrected chi connectivity index (χ4v) is 2.03. The van der Waals surface area contributed by atoms with Gasteiger partial charge in [-0.25, -0.2) is 0 Å². The Kier molecular flexibility index (Phi) is 4.63. The zero-order valence-corrected chi connectivity index (χ0v) is 9.29.